The van der Waals surface area contributed by atoms with E-state index in [4.69, 9.17) is 16.3 Å². The molecule has 1 aromatic rings. The second-order valence-corrected chi connectivity index (χ2v) is 5.19. The van der Waals surface area contributed by atoms with Crippen molar-refractivity contribution < 1.29 is 17.9 Å². The third-order valence-corrected chi connectivity index (χ3v) is 3.15. The van der Waals surface area contributed by atoms with E-state index < -0.39 is 18.7 Å². The van der Waals surface area contributed by atoms with Crippen LogP contribution in [0.3, 0.4) is 0 Å². The van der Waals surface area contributed by atoms with Crippen LogP contribution in [-0.2, 0) is 6.54 Å². The Hall–Kier alpha value is -1.01. The zero-order chi connectivity index (χ0) is 14.2. The van der Waals surface area contributed by atoms with Crippen molar-refractivity contribution in [2.75, 3.05) is 13.6 Å². The molecular formula is C12H14ClF3N2O. The summed E-state index contributed by atoms with van der Waals surface area (Å²) in [4.78, 5) is 5.79. The molecule has 2 rings (SSSR count). The molecule has 1 aliphatic rings. The van der Waals surface area contributed by atoms with Crippen LogP contribution in [0, 0.1) is 6.92 Å². The molecule has 7 heteroatoms. The number of likely N-dealkylation sites (N-methyl/N-ethyl adjacent to an activating group) is 1. The highest BCUT2D eigenvalue weighted by atomic mass is 35.5. The molecule has 0 aromatic carbocycles. The summed E-state index contributed by atoms with van der Waals surface area (Å²) in [6, 6.07) is 1.68. The topological polar surface area (TPSA) is 25.4 Å². The number of nitrogens with zero attached hydrogens (tertiary/aromatic N) is 2. The average molecular weight is 295 g/mol. The minimum Gasteiger partial charge on any atom is -0.472 e. The first-order valence-corrected chi connectivity index (χ1v) is 6.20. The van der Waals surface area contributed by atoms with Crippen LogP contribution in [0.4, 0.5) is 13.2 Å². The molecular weight excluding hydrogens is 281 g/mol. The van der Waals surface area contributed by atoms with Gasteiger partial charge in [0, 0.05) is 18.7 Å². The summed E-state index contributed by atoms with van der Waals surface area (Å²) >= 11 is 5.83. The van der Waals surface area contributed by atoms with E-state index in [9.17, 15) is 13.2 Å². The third-order valence-electron chi connectivity index (χ3n) is 2.96. The number of hydrogen-bond acceptors (Lipinski definition) is 3. The van der Waals surface area contributed by atoms with Gasteiger partial charge in [0.05, 0.1) is 6.42 Å². The van der Waals surface area contributed by atoms with Crippen LogP contribution in [0.15, 0.2) is 6.07 Å². The molecule has 1 atom stereocenters. The zero-order valence-corrected chi connectivity index (χ0v) is 11.3. The molecule has 0 bridgehead atoms. The van der Waals surface area contributed by atoms with Gasteiger partial charge in [-0.15, -0.1) is 0 Å². The van der Waals surface area contributed by atoms with E-state index in [2.05, 4.69) is 4.98 Å². The average Bonchev–Trinajstić information content (AvgIpc) is 2.33. The van der Waals surface area contributed by atoms with Crippen LogP contribution in [-0.4, -0.2) is 35.8 Å². The van der Waals surface area contributed by atoms with E-state index >= 15 is 0 Å². The standard InChI is InChI=1S/C12H14ClF3N2O/c1-7-3-10(13)17-11-9(7)6-18(2)5-8(19-11)4-12(14,15)16/h3,8H,4-6H2,1-2H3. The Balaban J connectivity index is 2.30. The van der Waals surface area contributed by atoms with Crippen molar-refractivity contribution in [1.82, 2.24) is 9.88 Å². The van der Waals surface area contributed by atoms with E-state index in [0.717, 1.165) is 11.1 Å². The maximum atomic E-state index is 12.5. The lowest BCUT2D eigenvalue weighted by atomic mass is 10.1. The molecule has 2 heterocycles. The maximum absolute atomic E-state index is 12.5. The van der Waals surface area contributed by atoms with E-state index in [1.54, 1.807) is 18.0 Å². The van der Waals surface area contributed by atoms with E-state index in [0.29, 0.717) is 6.54 Å². The molecule has 19 heavy (non-hydrogen) atoms. The first-order valence-electron chi connectivity index (χ1n) is 5.82. The second kappa shape index (κ2) is 5.17. The highest BCUT2D eigenvalue weighted by Crippen LogP contribution is 2.31. The number of rotatable bonds is 1. The molecule has 1 aliphatic heterocycles. The third kappa shape index (κ3) is 3.73. The number of alkyl halides is 3. The molecule has 0 amide bonds. The molecule has 3 nitrogen and oxygen atoms in total. The van der Waals surface area contributed by atoms with Crippen LogP contribution in [0.1, 0.15) is 17.5 Å². The molecule has 0 radical (unpaired) electrons. The molecule has 0 saturated heterocycles. The smallest absolute Gasteiger partial charge is 0.392 e. The van der Waals surface area contributed by atoms with Crippen molar-refractivity contribution in [2.24, 2.45) is 0 Å². The Morgan fingerprint density at radius 1 is 1.53 bits per heavy atom. The van der Waals surface area contributed by atoms with Gasteiger partial charge in [-0.3, -0.25) is 4.90 Å². The molecule has 106 valence electrons. The summed E-state index contributed by atoms with van der Waals surface area (Å²) in [6.45, 7) is 2.54. The van der Waals surface area contributed by atoms with Crippen molar-refractivity contribution in [2.45, 2.75) is 32.2 Å². The van der Waals surface area contributed by atoms with Gasteiger partial charge in [0.25, 0.3) is 0 Å². The monoisotopic (exact) mass is 294 g/mol. The van der Waals surface area contributed by atoms with Gasteiger partial charge in [0.1, 0.15) is 11.3 Å². The number of ether oxygens (including phenoxy) is 1. The Labute approximate surface area is 114 Å². The van der Waals surface area contributed by atoms with Crippen molar-refractivity contribution in [1.29, 1.82) is 0 Å². The predicted molar refractivity (Wildman–Crippen MR) is 65.4 cm³/mol. The highest BCUT2D eigenvalue weighted by Gasteiger charge is 2.35. The molecule has 0 N–H and O–H groups in total. The molecule has 0 aliphatic carbocycles. The minimum atomic E-state index is -4.26. The van der Waals surface area contributed by atoms with Gasteiger partial charge in [-0.25, -0.2) is 4.98 Å². The van der Waals surface area contributed by atoms with Gasteiger partial charge in [-0.1, -0.05) is 11.6 Å². The predicted octanol–water partition coefficient (Wildman–Crippen LogP) is 3.19. The van der Waals surface area contributed by atoms with E-state index in [-0.39, 0.29) is 17.6 Å². The Bertz CT molecular complexity index is 479. The molecule has 0 spiro atoms. The summed E-state index contributed by atoms with van der Waals surface area (Å²) in [5, 5.41) is 0.228. The SMILES string of the molecule is Cc1cc(Cl)nc2c1CN(C)CC(CC(F)(F)F)O2. The summed E-state index contributed by atoms with van der Waals surface area (Å²) in [6.07, 6.45) is -6.22. The van der Waals surface area contributed by atoms with Gasteiger partial charge in [-0.05, 0) is 25.6 Å². The van der Waals surface area contributed by atoms with Crippen molar-refractivity contribution >= 4 is 11.6 Å². The van der Waals surface area contributed by atoms with Gasteiger partial charge in [0.15, 0.2) is 0 Å². The van der Waals surface area contributed by atoms with Crippen LogP contribution in [0.5, 0.6) is 5.88 Å². The number of halogens is 4. The van der Waals surface area contributed by atoms with Gasteiger partial charge in [-0.2, -0.15) is 13.2 Å². The maximum Gasteiger partial charge on any atom is 0.392 e. The summed E-state index contributed by atoms with van der Waals surface area (Å²) < 4.78 is 42.9. The van der Waals surface area contributed by atoms with Gasteiger partial charge < -0.3 is 4.74 Å². The van der Waals surface area contributed by atoms with Crippen LogP contribution in [0.25, 0.3) is 0 Å². The zero-order valence-electron chi connectivity index (χ0n) is 10.6. The number of fused-ring (bicyclic) bond motifs is 1. The number of aromatic nitrogens is 1. The Kier molecular flexibility index (Phi) is 3.92. The Morgan fingerprint density at radius 3 is 2.84 bits per heavy atom. The second-order valence-electron chi connectivity index (χ2n) is 4.80. The number of aryl methyl sites for hydroxylation is 1. The first-order chi connectivity index (χ1) is 8.74. The van der Waals surface area contributed by atoms with Crippen LogP contribution >= 0.6 is 11.6 Å². The van der Waals surface area contributed by atoms with Gasteiger partial charge in [0.2, 0.25) is 5.88 Å². The van der Waals surface area contributed by atoms with Crippen LogP contribution in [0.2, 0.25) is 5.15 Å². The molecule has 1 unspecified atom stereocenters. The number of hydrogen-bond donors (Lipinski definition) is 0. The summed E-state index contributed by atoms with van der Waals surface area (Å²) in [5.74, 6) is 0.212. The number of pyridine rings is 1. The summed E-state index contributed by atoms with van der Waals surface area (Å²) in [7, 11) is 1.76. The van der Waals surface area contributed by atoms with Crippen molar-refractivity contribution in [3.05, 3.63) is 22.3 Å². The van der Waals surface area contributed by atoms with Crippen LogP contribution < -0.4 is 4.74 Å². The normalized spacial score (nSPS) is 20.6. The van der Waals surface area contributed by atoms with E-state index in [1.807, 2.05) is 6.92 Å². The van der Waals surface area contributed by atoms with Crippen molar-refractivity contribution in [3.8, 4) is 5.88 Å². The Morgan fingerprint density at radius 2 is 2.21 bits per heavy atom. The fourth-order valence-corrected chi connectivity index (χ4v) is 2.40. The molecule has 0 saturated carbocycles. The lowest BCUT2D eigenvalue weighted by Crippen LogP contribution is -2.34. The van der Waals surface area contributed by atoms with Crippen molar-refractivity contribution in [3.63, 3.8) is 0 Å². The van der Waals surface area contributed by atoms with E-state index in [1.165, 1.54) is 0 Å². The van der Waals surface area contributed by atoms with Gasteiger partial charge >= 0.3 is 6.18 Å². The fraction of sp³-hybridized carbons (Fsp3) is 0.583. The quantitative estimate of drug-likeness (QED) is 0.744. The highest BCUT2D eigenvalue weighted by molar-refractivity contribution is 6.29. The lowest BCUT2D eigenvalue weighted by Gasteiger charge is -2.20. The lowest BCUT2D eigenvalue weighted by molar-refractivity contribution is -0.151. The summed E-state index contributed by atoms with van der Waals surface area (Å²) in [5.41, 5.74) is 1.66. The fourth-order valence-electron chi connectivity index (χ4n) is 2.16. The largest absolute Gasteiger partial charge is 0.472 e. The molecule has 1 aromatic heterocycles. The minimum absolute atomic E-state index is 0.201. The molecule has 0 fully saturated rings. The first kappa shape index (κ1) is 14.4.